The maximum Gasteiger partial charge on any atom is 0.414 e. The smallest absolute Gasteiger partial charge is 0.414 e. The Morgan fingerprint density at radius 2 is 1.68 bits per heavy atom. The van der Waals surface area contributed by atoms with Crippen molar-refractivity contribution in [3.05, 3.63) is 70.9 Å². The number of nitrogens with zero attached hydrogens (tertiary/aromatic N) is 1. The minimum absolute atomic E-state index is 0.0684. The van der Waals surface area contributed by atoms with E-state index in [9.17, 15) is 27.9 Å². The van der Waals surface area contributed by atoms with E-state index in [1.165, 1.54) is 24.3 Å². The second kappa shape index (κ2) is 6.40. The third-order valence-corrected chi connectivity index (χ3v) is 4.99. The van der Waals surface area contributed by atoms with Crippen molar-refractivity contribution in [2.45, 2.75) is 18.6 Å². The van der Waals surface area contributed by atoms with E-state index >= 15 is 0 Å². The molecule has 0 saturated carbocycles. The van der Waals surface area contributed by atoms with Gasteiger partial charge in [0.2, 0.25) is 0 Å². The van der Waals surface area contributed by atoms with Gasteiger partial charge in [0.15, 0.2) is 6.04 Å². The first-order valence-electron chi connectivity index (χ1n) is 8.58. The Morgan fingerprint density at radius 3 is 2.36 bits per heavy atom. The lowest BCUT2D eigenvalue weighted by Gasteiger charge is -2.37. The molecule has 0 aliphatic carbocycles. The first-order valence-corrected chi connectivity index (χ1v) is 8.58. The minimum Gasteiger partial charge on any atom is -0.478 e. The summed E-state index contributed by atoms with van der Waals surface area (Å²) in [5.74, 6) is -2.32. The summed E-state index contributed by atoms with van der Waals surface area (Å²) in [5, 5.41) is 9.99. The van der Waals surface area contributed by atoms with Gasteiger partial charge < -0.3 is 15.0 Å². The number of para-hydroxylation sites is 1. The van der Waals surface area contributed by atoms with Gasteiger partial charge in [-0.2, -0.15) is 13.2 Å². The standard InChI is InChI=1S/C20H15F3N2O3/c21-20(22,23)17-16-12(11-5-3-4-8-15(11)24-16)9-10-25(17)18(26)13-6-1-2-7-14(13)19(27)28/h1-8,17,24H,9-10H2,(H,27,28)/t17-/m1/s1. The molecule has 2 N–H and O–H groups in total. The molecule has 2 aromatic carbocycles. The Labute approximate surface area is 157 Å². The van der Waals surface area contributed by atoms with Crippen LogP contribution in [-0.2, 0) is 6.42 Å². The molecule has 0 radical (unpaired) electrons. The van der Waals surface area contributed by atoms with Crippen LogP contribution < -0.4 is 0 Å². The van der Waals surface area contributed by atoms with Gasteiger partial charge in [0.25, 0.3) is 5.91 Å². The topological polar surface area (TPSA) is 73.4 Å². The highest BCUT2D eigenvalue weighted by atomic mass is 19.4. The summed E-state index contributed by atoms with van der Waals surface area (Å²) in [4.78, 5) is 27.9. The van der Waals surface area contributed by atoms with Gasteiger partial charge in [-0.1, -0.05) is 30.3 Å². The molecule has 1 aliphatic heterocycles. The molecule has 0 fully saturated rings. The zero-order valence-electron chi connectivity index (χ0n) is 14.5. The van der Waals surface area contributed by atoms with E-state index in [1.54, 1.807) is 24.3 Å². The largest absolute Gasteiger partial charge is 0.478 e. The number of hydrogen-bond donors (Lipinski definition) is 2. The highest BCUT2D eigenvalue weighted by molar-refractivity contribution is 6.05. The summed E-state index contributed by atoms with van der Waals surface area (Å²) in [5.41, 5.74) is 0.455. The number of nitrogens with one attached hydrogen (secondary N) is 1. The van der Waals surface area contributed by atoms with Crippen molar-refractivity contribution in [2.24, 2.45) is 0 Å². The zero-order chi connectivity index (χ0) is 20.1. The van der Waals surface area contributed by atoms with Crippen LogP contribution in [0.1, 0.15) is 38.0 Å². The number of H-pyrrole nitrogens is 1. The van der Waals surface area contributed by atoms with Crippen LogP contribution in [0.15, 0.2) is 48.5 Å². The molecule has 0 spiro atoms. The summed E-state index contributed by atoms with van der Waals surface area (Å²) in [6.45, 7) is -0.161. The van der Waals surface area contributed by atoms with Crippen molar-refractivity contribution in [3.8, 4) is 0 Å². The molecule has 144 valence electrons. The number of alkyl halides is 3. The number of aromatic nitrogens is 1. The molecule has 1 atom stereocenters. The first kappa shape index (κ1) is 18.1. The lowest BCUT2D eigenvalue weighted by molar-refractivity contribution is -0.182. The second-order valence-corrected chi connectivity index (χ2v) is 6.61. The molecule has 5 nitrogen and oxygen atoms in total. The Bertz CT molecular complexity index is 1090. The van der Waals surface area contributed by atoms with Crippen LogP contribution in [0.5, 0.6) is 0 Å². The zero-order valence-corrected chi connectivity index (χ0v) is 14.5. The van der Waals surface area contributed by atoms with Gasteiger partial charge in [-0.15, -0.1) is 0 Å². The number of carboxylic acid groups (broad SMARTS) is 1. The van der Waals surface area contributed by atoms with E-state index in [4.69, 9.17) is 0 Å². The van der Waals surface area contributed by atoms with Crippen molar-refractivity contribution in [3.63, 3.8) is 0 Å². The van der Waals surface area contributed by atoms with E-state index in [0.29, 0.717) is 21.4 Å². The molecule has 0 bridgehead atoms. The quantitative estimate of drug-likeness (QED) is 0.692. The van der Waals surface area contributed by atoms with Crippen molar-refractivity contribution >= 4 is 22.8 Å². The highest BCUT2D eigenvalue weighted by Crippen LogP contribution is 2.44. The number of fused-ring (bicyclic) bond motifs is 3. The maximum atomic E-state index is 14.0. The number of benzene rings is 2. The van der Waals surface area contributed by atoms with Crippen LogP contribution >= 0.6 is 0 Å². The van der Waals surface area contributed by atoms with Gasteiger partial charge in [-0.25, -0.2) is 4.79 Å². The Morgan fingerprint density at radius 1 is 1.04 bits per heavy atom. The van der Waals surface area contributed by atoms with E-state index in [2.05, 4.69) is 4.98 Å². The average molecular weight is 388 g/mol. The second-order valence-electron chi connectivity index (χ2n) is 6.61. The molecule has 28 heavy (non-hydrogen) atoms. The molecule has 2 heterocycles. The van der Waals surface area contributed by atoms with Gasteiger partial charge in [0.05, 0.1) is 16.8 Å². The summed E-state index contributed by atoms with van der Waals surface area (Å²) >= 11 is 0. The Kier molecular flexibility index (Phi) is 4.14. The minimum atomic E-state index is -4.72. The number of aromatic carboxylic acids is 1. The number of carbonyl (C=O) groups excluding carboxylic acids is 1. The normalized spacial score (nSPS) is 16.8. The van der Waals surface area contributed by atoms with Crippen LogP contribution in [0.4, 0.5) is 13.2 Å². The summed E-state index contributed by atoms with van der Waals surface area (Å²) < 4.78 is 42.0. The van der Waals surface area contributed by atoms with Crippen LogP contribution in [0.25, 0.3) is 10.9 Å². The van der Waals surface area contributed by atoms with Crippen LogP contribution in [-0.4, -0.2) is 39.6 Å². The maximum absolute atomic E-state index is 14.0. The van der Waals surface area contributed by atoms with E-state index in [-0.39, 0.29) is 29.8 Å². The monoisotopic (exact) mass is 388 g/mol. The van der Waals surface area contributed by atoms with Crippen molar-refractivity contribution < 1.29 is 27.9 Å². The fourth-order valence-electron chi connectivity index (χ4n) is 3.81. The van der Waals surface area contributed by atoms with E-state index in [0.717, 1.165) is 0 Å². The fourth-order valence-corrected chi connectivity index (χ4v) is 3.81. The number of carbonyl (C=O) groups is 2. The SMILES string of the molecule is O=C(O)c1ccccc1C(=O)N1CCc2c([nH]c3ccccc23)[C@@H]1C(F)(F)F. The third kappa shape index (κ3) is 2.81. The number of carboxylic acids is 1. The average Bonchev–Trinajstić information content (AvgIpc) is 3.04. The van der Waals surface area contributed by atoms with Gasteiger partial charge >= 0.3 is 12.1 Å². The van der Waals surface area contributed by atoms with Crippen molar-refractivity contribution in [1.82, 2.24) is 9.88 Å². The number of amides is 1. The molecular weight excluding hydrogens is 373 g/mol. The van der Waals surface area contributed by atoms with E-state index in [1.807, 2.05) is 0 Å². The number of rotatable bonds is 2. The molecule has 8 heteroatoms. The number of halogens is 3. The van der Waals surface area contributed by atoms with Crippen molar-refractivity contribution in [1.29, 1.82) is 0 Å². The lowest BCUT2D eigenvalue weighted by atomic mass is 9.95. The van der Waals surface area contributed by atoms with Gasteiger partial charge in [0, 0.05) is 17.4 Å². The van der Waals surface area contributed by atoms with Crippen LogP contribution in [0.2, 0.25) is 0 Å². The number of aromatic amines is 1. The predicted octanol–water partition coefficient (Wildman–Crippen LogP) is 4.17. The molecule has 4 rings (SSSR count). The Hall–Kier alpha value is -3.29. The summed E-state index contributed by atoms with van der Waals surface area (Å²) in [6, 6.07) is 10.0. The van der Waals surface area contributed by atoms with Crippen molar-refractivity contribution in [2.75, 3.05) is 6.54 Å². The van der Waals surface area contributed by atoms with Crippen LogP contribution in [0, 0.1) is 0 Å². The summed E-state index contributed by atoms with van der Waals surface area (Å²) in [7, 11) is 0. The molecular formula is C20H15F3N2O3. The van der Waals surface area contributed by atoms with Crippen LogP contribution in [0.3, 0.4) is 0 Å². The fraction of sp³-hybridized carbons (Fsp3) is 0.200. The molecule has 0 saturated heterocycles. The predicted molar refractivity (Wildman–Crippen MR) is 95.2 cm³/mol. The van der Waals surface area contributed by atoms with E-state index < -0.39 is 24.1 Å². The third-order valence-electron chi connectivity index (χ3n) is 4.99. The Balaban J connectivity index is 1.84. The lowest BCUT2D eigenvalue weighted by Crippen LogP contribution is -2.46. The molecule has 1 aromatic heterocycles. The molecule has 1 amide bonds. The molecule has 0 unspecified atom stereocenters. The highest BCUT2D eigenvalue weighted by Gasteiger charge is 2.50. The van der Waals surface area contributed by atoms with Gasteiger partial charge in [-0.3, -0.25) is 4.79 Å². The first-order chi connectivity index (χ1) is 13.3. The summed E-state index contributed by atoms with van der Waals surface area (Å²) in [6.07, 6.45) is -4.48. The van der Waals surface area contributed by atoms with Gasteiger partial charge in [-0.05, 0) is 30.2 Å². The van der Waals surface area contributed by atoms with Gasteiger partial charge in [0.1, 0.15) is 0 Å². The number of hydrogen-bond acceptors (Lipinski definition) is 2. The molecule has 1 aliphatic rings. The molecule has 3 aromatic rings.